The number of nitrogens with two attached hydrogens (primary N) is 1. The fraction of sp³-hybridized carbons (Fsp3) is 0.250. The van der Waals surface area contributed by atoms with Crippen molar-refractivity contribution >= 4 is 11.8 Å². The highest BCUT2D eigenvalue weighted by Crippen LogP contribution is 2.35. The number of hydrogen-bond acceptors (Lipinski definition) is 4. The molecule has 0 aliphatic carbocycles. The van der Waals surface area contributed by atoms with Gasteiger partial charge in [-0.15, -0.1) is 11.8 Å². The van der Waals surface area contributed by atoms with Gasteiger partial charge in [-0.25, -0.2) is 0 Å². The average Bonchev–Trinajstić information content (AvgIpc) is 2.53. The quantitative estimate of drug-likeness (QED) is 0.827. The SMILES string of the molecule is COc1ccc(SC(CN)c2ccc(OC)cc2)cc1. The van der Waals surface area contributed by atoms with Gasteiger partial charge in [0.15, 0.2) is 0 Å². The van der Waals surface area contributed by atoms with E-state index in [-0.39, 0.29) is 5.25 Å². The van der Waals surface area contributed by atoms with Crippen LogP contribution in [0.1, 0.15) is 10.8 Å². The molecule has 2 N–H and O–H groups in total. The van der Waals surface area contributed by atoms with Gasteiger partial charge in [0.25, 0.3) is 0 Å². The molecule has 3 nitrogen and oxygen atoms in total. The van der Waals surface area contributed by atoms with Crippen molar-refractivity contribution in [3.63, 3.8) is 0 Å². The van der Waals surface area contributed by atoms with Crippen molar-refractivity contribution in [2.45, 2.75) is 10.1 Å². The Kier molecular flexibility index (Phi) is 5.32. The molecular weight excluding hydrogens is 270 g/mol. The second kappa shape index (κ2) is 7.22. The summed E-state index contributed by atoms with van der Waals surface area (Å²) in [7, 11) is 3.34. The maximum absolute atomic E-state index is 5.90. The van der Waals surface area contributed by atoms with Gasteiger partial charge in [-0.05, 0) is 42.0 Å². The van der Waals surface area contributed by atoms with E-state index in [1.165, 1.54) is 10.5 Å². The van der Waals surface area contributed by atoms with Crippen LogP contribution >= 0.6 is 11.8 Å². The van der Waals surface area contributed by atoms with E-state index in [2.05, 4.69) is 24.3 Å². The molecule has 20 heavy (non-hydrogen) atoms. The minimum absolute atomic E-state index is 0.231. The molecule has 4 heteroatoms. The first-order chi connectivity index (χ1) is 9.76. The number of methoxy groups -OCH3 is 2. The second-order valence-corrected chi connectivity index (χ2v) is 5.57. The van der Waals surface area contributed by atoms with E-state index >= 15 is 0 Å². The standard InChI is InChI=1S/C16H19NO2S/c1-18-13-5-3-12(4-6-13)16(11-17)20-15-9-7-14(19-2)8-10-15/h3-10,16H,11,17H2,1-2H3. The minimum atomic E-state index is 0.231. The van der Waals surface area contributed by atoms with Gasteiger partial charge in [-0.3, -0.25) is 0 Å². The molecule has 0 radical (unpaired) electrons. The smallest absolute Gasteiger partial charge is 0.118 e. The Balaban J connectivity index is 2.10. The summed E-state index contributed by atoms with van der Waals surface area (Å²) < 4.78 is 10.3. The normalized spacial score (nSPS) is 11.9. The summed E-state index contributed by atoms with van der Waals surface area (Å²) in [5.74, 6) is 1.72. The predicted molar refractivity (Wildman–Crippen MR) is 83.6 cm³/mol. The molecule has 2 aromatic carbocycles. The van der Waals surface area contributed by atoms with Crippen molar-refractivity contribution in [3.8, 4) is 11.5 Å². The number of hydrogen-bond donors (Lipinski definition) is 1. The molecule has 0 bridgehead atoms. The zero-order valence-electron chi connectivity index (χ0n) is 11.7. The Morgan fingerprint density at radius 1 is 0.900 bits per heavy atom. The molecule has 0 amide bonds. The Morgan fingerprint density at radius 2 is 1.40 bits per heavy atom. The van der Waals surface area contributed by atoms with Crippen LogP contribution in [0.2, 0.25) is 0 Å². The molecule has 0 aliphatic rings. The lowest BCUT2D eigenvalue weighted by Crippen LogP contribution is -2.09. The van der Waals surface area contributed by atoms with Gasteiger partial charge in [-0.2, -0.15) is 0 Å². The Morgan fingerprint density at radius 3 is 1.85 bits per heavy atom. The Labute approximate surface area is 124 Å². The van der Waals surface area contributed by atoms with Crippen molar-refractivity contribution in [2.75, 3.05) is 20.8 Å². The Hall–Kier alpha value is -1.65. The average molecular weight is 289 g/mol. The summed E-state index contributed by atoms with van der Waals surface area (Å²) in [6.45, 7) is 0.586. The maximum Gasteiger partial charge on any atom is 0.118 e. The number of thioether (sulfide) groups is 1. The molecular formula is C16H19NO2S. The van der Waals surface area contributed by atoms with Crippen molar-refractivity contribution < 1.29 is 9.47 Å². The van der Waals surface area contributed by atoms with Gasteiger partial charge in [0.05, 0.1) is 14.2 Å². The summed E-state index contributed by atoms with van der Waals surface area (Å²) in [5.41, 5.74) is 7.11. The topological polar surface area (TPSA) is 44.5 Å². The molecule has 0 fully saturated rings. The fourth-order valence-electron chi connectivity index (χ4n) is 1.89. The van der Waals surface area contributed by atoms with E-state index in [1.54, 1.807) is 26.0 Å². The highest BCUT2D eigenvalue weighted by molar-refractivity contribution is 7.99. The molecule has 2 aromatic rings. The molecule has 106 valence electrons. The van der Waals surface area contributed by atoms with Gasteiger partial charge in [0.1, 0.15) is 11.5 Å². The van der Waals surface area contributed by atoms with Crippen molar-refractivity contribution in [2.24, 2.45) is 5.73 Å². The summed E-state index contributed by atoms with van der Waals surface area (Å²) >= 11 is 1.75. The van der Waals surface area contributed by atoms with Gasteiger partial charge >= 0.3 is 0 Å². The monoisotopic (exact) mass is 289 g/mol. The largest absolute Gasteiger partial charge is 0.497 e. The fourth-order valence-corrected chi connectivity index (χ4v) is 2.90. The summed E-state index contributed by atoms with van der Waals surface area (Å²) in [6.07, 6.45) is 0. The van der Waals surface area contributed by atoms with Crippen LogP contribution in [0, 0.1) is 0 Å². The Bertz CT molecular complexity index is 525. The highest BCUT2D eigenvalue weighted by Gasteiger charge is 2.11. The van der Waals surface area contributed by atoms with Gasteiger partial charge < -0.3 is 15.2 Å². The van der Waals surface area contributed by atoms with Gasteiger partial charge in [0, 0.05) is 16.7 Å². The summed E-state index contributed by atoms with van der Waals surface area (Å²) in [4.78, 5) is 1.18. The van der Waals surface area contributed by atoms with Gasteiger partial charge in [0.2, 0.25) is 0 Å². The predicted octanol–water partition coefficient (Wildman–Crippen LogP) is 3.50. The van der Waals surface area contributed by atoms with Gasteiger partial charge in [-0.1, -0.05) is 12.1 Å². The lowest BCUT2D eigenvalue weighted by molar-refractivity contribution is 0.414. The third kappa shape index (κ3) is 3.68. The molecule has 0 aromatic heterocycles. The van der Waals surface area contributed by atoms with E-state index in [9.17, 15) is 0 Å². The van der Waals surface area contributed by atoms with E-state index in [1.807, 2.05) is 24.3 Å². The number of ether oxygens (including phenoxy) is 2. The molecule has 0 heterocycles. The van der Waals surface area contributed by atoms with Crippen LogP contribution in [0.3, 0.4) is 0 Å². The van der Waals surface area contributed by atoms with E-state index in [4.69, 9.17) is 15.2 Å². The molecule has 0 spiro atoms. The van der Waals surface area contributed by atoms with Crippen molar-refractivity contribution in [1.82, 2.24) is 0 Å². The zero-order chi connectivity index (χ0) is 14.4. The lowest BCUT2D eigenvalue weighted by Gasteiger charge is -2.15. The van der Waals surface area contributed by atoms with Crippen LogP contribution in [0.5, 0.6) is 11.5 Å². The van der Waals surface area contributed by atoms with Crippen LogP contribution in [0.15, 0.2) is 53.4 Å². The molecule has 1 atom stereocenters. The van der Waals surface area contributed by atoms with Crippen LogP contribution < -0.4 is 15.2 Å². The molecule has 2 rings (SSSR count). The molecule has 0 saturated carbocycles. The van der Waals surface area contributed by atoms with E-state index in [0.29, 0.717) is 6.54 Å². The minimum Gasteiger partial charge on any atom is -0.497 e. The lowest BCUT2D eigenvalue weighted by atomic mass is 10.1. The van der Waals surface area contributed by atoms with Crippen molar-refractivity contribution in [1.29, 1.82) is 0 Å². The van der Waals surface area contributed by atoms with Crippen LogP contribution in [0.4, 0.5) is 0 Å². The van der Waals surface area contributed by atoms with Crippen molar-refractivity contribution in [3.05, 3.63) is 54.1 Å². The number of benzene rings is 2. The third-order valence-corrected chi connectivity index (χ3v) is 4.33. The maximum atomic E-state index is 5.90. The highest BCUT2D eigenvalue weighted by atomic mass is 32.2. The van der Waals surface area contributed by atoms with E-state index in [0.717, 1.165) is 11.5 Å². The molecule has 1 unspecified atom stereocenters. The van der Waals surface area contributed by atoms with Crippen LogP contribution in [0.25, 0.3) is 0 Å². The summed E-state index contributed by atoms with van der Waals surface area (Å²) in [5, 5.41) is 0.231. The first-order valence-corrected chi connectivity index (χ1v) is 7.29. The first kappa shape index (κ1) is 14.8. The summed E-state index contributed by atoms with van der Waals surface area (Å²) in [6, 6.07) is 16.1. The van der Waals surface area contributed by atoms with Crippen LogP contribution in [-0.2, 0) is 0 Å². The zero-order valence-corrected chi connectivity index (χ0v) is 12.5. The second-order valence-electron chi connectivity index (χ2n) is 4.29. The molecule has 0 saturated heterocycles. The first-order valence-electron chi connectivity index (χ1n) is 6.41. The molecule has 0 aliphatic heterocycles. The number of rotatable bonds is 6. The third-order valence-electron chi connectivity index (χ3n) is 3.04. The van der Waals surface area contributed by atoms with Crippen LogP contribution in [-0.4, -0.2) is 20.8 Å². The van der Waals surface area contributed by atoms with E-state index < -0.39 is 0 Å².